The number of hydrogen-bond acceptors (Lipinski definition) is 3. The van der Waals surface area contributed by atoms with Gasteiger partial charge in [0.15, 0.2) is 5.76 Å². The standard InChI is InChI=1S/C13H11NO2/c15-13(12-6-3-7-16-12)11-8-9-4-1-2-5-10(9)14-11/h1-7,11,14H,8H2. The van der Waals surface area contributed by atoms with E-state index in [1.54, 1.807) is 12.1 Å². The molecule has 3 nitrogen and oxygen atoms in total. The second kappa shape index (κ2) is 3.52. The molecule has 2 heterocycles. The highest BCUT2D eigenvalue weighted by Gasteiger charge is 2.28. The summed E-state index contributed by atoms with van der Waals surface area (Å²) in [7, 11) is 0. The van der Waals surface area contributed by atoms with Crippen molar-refractivity contribution in [3.8, 4) is 0 Å². The number of benzene rings is 1. The van der Waals surface area contributed by atoms with Gasteiger partial charge >= 0.3 is 0 Å². The van der Waals surface area contributed by atoms with E-state index in [0.29, 0.717) is 5.76 Å². The number of ketones is 1. The van der Waals surface area contributed by atoms with E-state index in [-0.39, 0.29) is 11.8 Å². The monoisotopic (exact) mass is 213 g/mol. The lowest BCUT2D eigenvalue weighted by atomic mass is 10.1. The zero-order chi connectivity index (χ0) is 11.0. The van der Waals surface area contributed by atoms with E-state index in [1.165, 1.54) is 11.8 Å². The smallest absolute Gasteiger partial charge is 0.220 e. The van der Waals surface area contributed by atoms with Gasteiger partial charge in [-0.2, -0.15) is 0 Å². The summed E-state index contributed by atoms with van der Waals surface area (Å²) >= 11 is 0. The van der Waals surface area contributed by atoms with E-state index in [9.17, 15) is 4.79 Å². The zero-order valence-electron chi connectivity index (χ0n) is 8.64. The second-order valence-electron chi connectivity index (χ2n) is 3.90. The molecule has 0 bridgehead atoms. The largest absolute Gasteiger partial charge is 0.461 e. The van der Waals surface area contributed by atoms with Crippen LogP contribution in [0.2, 0.25) is 0 Å². The highest BCUT2D eigenvalue weighted by atomic mass is 16.3. The molecule has 80 valence electrons. The van der Waals surface area contributed by atoms with E-state index in [0.717, 1.165) is 12.1 Å². The minimum Gasteiger partial charge on any atom is -0.461 e. The molecule has 0 spiro atoms. The van der Waals surface area contributed by atoms with Crippen molar-refractivity contribution in [2.45, 2.75) is 12.5 Å². The highest BCUT2D eigenvalue weighted by molar-refractivity contribution is 6.00. The molecule has 1 aliphatic heterocycles. The molecule has 0 fully saturated rings. The average molecular weight is 213 g/mol. The van der Waals surface area contributed by atoms with Gasteiger partial charge in [-0.15, -0.1) is 0 Å². The molecule has 3 heteroatoms. The Bertz CT molecular complexity index is 491. The van der Waals surface area contributed by atoms with Gasteiger partial charge in [-0.3, -0.25) is 4.79 Å². The Morgan fingerprint density at radius 1 is 1.25 bits per heavy atom. The van der Waals surface area contributed by atoms with Gasteiger partial charge in [-0.1, -0.05) is 18.2 Å². The van der Waals surface area contributed by atoms with Crippen LogP contribution in [-0.2, 0) is 6.42 Å². The summed E-state index contributed by atoms with van der Waals surface area (Å²) in [6, 6.07) is 11.2. The summed E-state index contributed by atoms with van der Waals surface area (Å²) in [6.07, 6.45) is 2.25. The van der Waals surface area contributed by atoms with Crippen LogP contribution in [0.4, 0.5) is 5.69 Å². The van der Waals surface area contributed by atoms with Crippen molar-refractivity contribution in [3.63, 3.8) is 0 Å². The lowest BCUT2D eigenvalue weighted by Gasteiger charge is -2.07. The Labute approximate surface area is 93.1 Å². The Hall–Kier alpha value is -2.03. The van der Waals surface area contributed by atoms with Crippen LogP contribution in [-0.4, -0.2) is 11.8 Å². The van der Waals surface area contributed by atoms with Crippen molar-refractivity contribution in [1.82, 2.24) is 0 Å². The van der Waals surface area contributed by atoms with Crippen molar-refractivity contribution in [2.75, 3.05) is 5.32 Å². The first-order valence-corrected chi connectivity index (χ1v) is 5.27. The molecular weight excluding hydrogens is 202 g/mol. The molecular formula is C13H11NO2. The zero-order valence-corrected chi connectivity index (χ0v) is 8.64. The molecule has 2 aromatic rings. The molecule has 0 radical (unpaired) electrons. The molecule has 0 saturated heterocycles. The molecule has 1 N–H and O–H groups in total. The molecule has 1 aliphatic rings. The summed E-state index contributed by atoms with van der Waals surface area (Å²) in [5.74, 6) is 0.437. The predicted octanol–water partition coefficient (Wildman–Crippen LogP) is 2.50. The Morgan fingerprint density at radius 2 is 2.12 bits per heavy atom. The first-order valence-electron chi connectivity index (χ1n) is 5.27. The third kappa shape index (κ3) is 1.41. The number of hydrogen-bond donors (Lipinski definition) is 1. The maximum atomic E-state index is 12.0. The van der Waals surface area contributed by atoms with E-state index >= 15 is 0 Å². The molecule has 0 aliphatic carbocycles. The van der Waals surface area contributed by atoms with Crippen molar-refractivity contribution >= 4 is 11.5 Å². The third-order valence-electron chi connectivity index (χ3n) is 2.85. The van der Waals surface area contributed by atoms with Gasteiger partial charge in [0.2, 0.25) is 5.78 Å². The lowest BCUT2D eigenvalue weighted by molar-refractivity contribution is 0.0944. The number of carbonyl (C=O) groups is 1. The van der Waals surface area contributed by atoms with E-state index in [4.69, 9.17) is 4.42 Å². The fraction of sp³-hybridized carbons (Fsp3) is 0.154. The number of para-hydroxylation sites is 1. The van der Waals surface area contributed by atoms with E-state index < -0.39 is 0 Å². The first kappa shape index (κ1) is 9.21. The number of anilines is 1. The highest BCUT2D eigenvalue weighted by Crippen LogP contribution is 2.26. The van der Waals surface area contributed by atoms with Crippen molar-refractivity contribution in [2.24, 2.45) is 0 Å². The average Bonchev–Trinajstić information content (AvgIpc) is 2.97. The van der Waals surface area contributed by atoms with E-state index in [2.05, 4.69) is 5.32 Å². The number of carbonyl (C=O) groups excluding carboxylic acids is 1. The summed E-state index contributed by atoms with van der Waals surface area (Å²) < 4.78 is 5.12. The van der Waals surface area contributed by atoms with Crippen LogP contribution in [0.1, 0.15) is 16.1 Å². The second-order valence-corrected chi connectivity index (χ2v) is 3.90. The van der Waals surface area contributed by atoms with Crippen LogP contribution >= 0.6 is 0 Å². The Kier molecular flexibility index (Phi) is 2.03. The number of Topliss-reactive ketones (excluding diaryl/α,β-unsaturated/α-hetero) is 1. The van der Waals surface area contributed by atoms with E-state index in [1.807, 2.05) is 24.3 Å². The third-order valence-corrected chi connectivity index (χ3v) is 2.85. The van der Waals surface area contributed by atoms with Crippen LogP contribution in [0.15, 0.2) is 47.1 Å². The van der Waals surface area contributed by atoms with Gasteiger partial charge < -0.3 is 9.73 Å². The maximum Gasteiger partial charge on any atom is 0.220 e. The number of nitrogens with one attached hydrogen (secondary N) is 1. The van der Waals surface area contributed by atoms with Crippen LogP contribution in [0.3, 0.4) is 0 Å². The molecule has 1 atom stereocenters. The summed E-state index contributed by atoms with van der Waals surface area (Å²) in [5, 5.41) is 3.21. The molecule has 1 aromatic heterocycles. The summed E-state index contributed by atoms with van der Waals surface area (Å²) in [5.41, 5.74) is 2.24. The lowest BCUT2D eigenvalue weighted by Crippen LogP contribution is -2.26. The Balaban J connectivity index is 1.84. The van der Waals surface area contributed by atoms with Crippen LogP contribution in [0.5, 0.6) is 0 Å². The molecule has 1 aromatic carbocycles. The fourth-order valence-electron chi connectivity index (χ4n) is 2.05. The van der Waals surface area contributed by atoms with Crippen molar-refractivity contribution in [1.29, 1.82) is 0 Å². The minimum atomic E-state index is -0.191. The van der Waals surface area contributed by atoms with Gasteiger partial charge in [-0.05, 0) is 23.8 Å². The number of fused-ring (bicyclic) bond motifs is 1. The topological polar surface area (TPSA) is 42.2 Å². The van der Waals surface area contributed by atoms with Gasteiger partial charge in [0.25, 0.3) is 0 Å². The molecule has 1 unspecified atom stereocenters. The van der Waals surface area contributed by atoms with Crippen LogP contribution in [0.25, 0.3) is 0 Å². The van der Waals surface area contributed by atoms with Crippen LogP contribution < -0.4 is 5.32 Å². The minimum absolute atomic E-state index is 0.0150. The summed E-state index contributed by atoms with van der Waals surface area (Å²) in [6.45, 7) is 0. The predicted molar refractivity (Wildman–Crippen MR) is 60.6 cm³/mol. The SMILES string of the molecule is O=C(c1ccco1)C1Cc2ccccc2N1. The van der Waals surface area contributed by atoms with Gasteiger partial charge in [0.1, 0.15) is 0 Å². The Morgan fingerprint density at radius 3 is 2.88 bits per heavy atom. The quantitative estimate of drug-likeness (QED) is 0.779. The number of furan rings is 1. The molecule has 0 saturated carbocycles. The van der Waals surface area contributed by atoms with Crippen molar-refractivity contribution in [3.05, 3.63) is 54.0 Å². The van der Waals surface area contributed by atoms with Gasteiger partial charge in [0, 0.05) is 12.1 Å². The molecule has 0 amide bonds. The van der Waals surface area contributed by atoms with Gasteiger partial charge in [-0.25, -0.2) is 0 Å². The number of rotatable bonds is 2. The first-order chi connectivity index (χ1) is 7.84. The molecule has 3 rings (SSSR count). The van der Waals surface area contributed by atoms with Gasteiger partial charge in [0.05, 0.1) is 12.3 Å². The molecule has 16 heavy (non-hydrogen) atoms. The fourth-order valence-corrected chi connectivity index (χ4v) is 2.05. The van der Waals surface area contributed by atoms with Crippen molar-refractivity contribution < 1.29 is 9.21 Å². The normalized spacial score (nSPS) is 17.9. The van der Waals surface area contributed by atoms with Crippen LogP contribution in [0, 0.1) is 0 Å². The summed E-state index contributed by atoms with van der Waals surface area (Å²) in [4.78, 5) is 12.0. The maximum absolute atomic E-state index is 12.0.